The van der Waals surface area contributed by atoms with Gasteiger partial charge in [-0.25, -0.2) is 0 Å². The second-order valence-corrected chi connectivity index (χ2v) is 6.10. The van der Waals surface area contributed by atoms with Gasteiger partial charge >= 0.3 is 0 Å². The van der Waals surface area contributed by atoms with Gasteiger partial charge in [0.15, 0.2) is 0 Å². The van der Waals surface area contributed by atoms with E-state index in [2.05, 4.69) is 51.8 Å². The van der Waals surface area contributed by atoms with Crippen LogP contribution in [0.25, 0.3) is 0 Å². The molecule has 2 rings (SSSR count). The van der Waals surface area contributed by atoms with Crippen LogP contribution in [0, 0.1) is 12.8 Å². The summed E-state index contributed by atoms with van der Waals surface area (Å²) in [6.07, 6.45) is 4.48. The molecule has 1 atom stereocenters. The molecule has 2 heterocycles. The Morgan fingerprint density at radius 1 is 1.44 bits per heavy atom. The molecule has 1 aromatic rings. The first-order valence-corrected chi connectivity index (χ1v) is 6.90. The summed E-state index contributed by atoms with van der Waals surface area (Å²) in [5, 5.41) is 0. The normalized spacial score (nSPS) is 19.8. The van der Waals surface area contributed by atoms with Crippen LogP contribution in [0.4, 0.5) is 5.69 Å². The smallest absolute Gasteiger partial charge is 0.0399 e. The lowest BCUT2D eigenvalue weighted by molar-refractivity contribution is 0.407. The molecule has 88 valence electrons. The molecule has 0 amide bonds. The minimum absolute atomic E-state index is 0.647. The third kappa shape index (κ3) is 2.76. The minimum Gasteiger partial charge on any atom is -0.371 e. The van der Waals surface area contributed by atoms with E-state index < -0.39 is 0 Å². The fourth-order valence-electron chi connectivity index (χ4n) is 2.34. The van der Waals surface area contributed by atoms with Gasteiger partial charge in [-0.3, -0.25) is 4.98 Å². The number of aromatic nitrogens is 1. The molecule has 0 spiro atoms. The van der Waals surface area contributed by atoms with Gasteiger partial charge in [-0.1, -0.05) is 22.9 Å². The van der Waals surface area contributed by atoms with Gasteiger partial charge in [-0.05, 0) is 37.8 Å². The zero-order valence-electron chi connectivity index (χ0n) is 9.99. The zero-order valence-corrected chi connectivity index (χ0v) is 11.6. The standard InChI is InChI=1S/C13H19BrN2/c1-10-9-13(3-6-15-10)16-7-4-12(5-8-16)11(2)14/h3,6,9,11-12H,4-5,7-8H2,1-2H3. The maximum atomic E-state index is 4.24. The lowest BCUT2D eigenvalue weighted by Crippen LogP contribution is -2.35. The number of nitrogens with zero attached hydrogens (tertiary/aromatic N) is 2. The molecule has 1 aliphatic heterocycles. The first kappa shape index (κ1) is 11.9. The number of hydrogen-bond donors (Lipinski definition) is 0. The maximum absolute atomic E-state index is 4.24. The monoisotopic (exact) mass is 282 g/mol. The van der Waals surface area contributed by atoms with E-state index in [1.54, 1.807) is 0 Å². The highest BCUT2D eigenvalue weighted by Crippen LogP contribution is 2.27. The molecule has 16 heavy (non-hydrogen) atoms. The van der Waals surface area contributed by atoms with Crippen LogP contribution < -0.4 is 4.90 Å². The van der Waals surface area contributed by atoms with Crippen molar-refractivity contribution in [1.82, 2.24) is 4.98 Å². The van der Waals surface area contributed by atoms with E-state index in [0.29, 0.717) is 4.83 Å². The number of hydrogen-bond acceptors (Lipinski definition) is 2. The Labute approximate surface area is 106 Å². The van der Waals surface area contributed by atoms with Crippen LogP contribution >= 0.6 is 15.9 Å². The SMILES string of the molecule is Cc1cc(N2CCC(C(C)Br)CC2)ccn1. The molecule has 1 aromatic heterocycles. The number of piperidine rings is 1. The van der Waals surface area contributed by atoms with Crippen molar-refractivity contribution in [2.24, 2.45) is 5.92 Å². The van der Waals surface area contributed by atoms with Crippen molar-refractivity contribution in [1.29, 1.82) is 0 Å². The van der Waals surface area contributed by atoms with E-state index >= 15 is 0 Å². The van der Waals surface area contributed by atoms with Crippen molar-refractivity contribution in [3.05, 3.63) is 24.0 Å². The molecule has 3 heteroatoms. The summed E-state index contributed by atoms with van der Waals surface area (Å²) in [6.45, 7) is 6.65. The summed E-state index contributed by atoms with van der Waals surface area (Å²) in [5.41, 5.74) is 2.43. The van der Waals surface area contributed by atoms with Crippen LogP contribution in [0.15, 0.2) is 18.3 Å². The van der Waals surface area contributed by atoms with Gasteiger partial charge in [0.1, 0.15) is 0 Å². The average Bonchev–Trinajstić information content (AvgIpc) is 2.29. The second kappa shape index (κ2) is 5.17. The van der Waals surface area contributed by atoms with E-state index in [9.17, 15) is 0 Å². The van der Waals surface area contributed by atoms with Gasteiger partial charge in [0.05, 0.1) is 0 Å². The number of alkyl halides is 1. The van der Waals surface area contributed by atoms with Gasteiger partial charge in [0.2, 0.25) is 0 Å². The molecule has 1 unspecified atom stereocenters. The molecule has 1 aliphatic rings. The van der Waals surface area contributed by atoms with E-state index in [4.69, 9.17) is 0 Å². The summed E-state index contributed by atoms with van der Waals surface area (Å²) < 4.78 is 0. The van der Waals surface area contributed by atoms with Gasteiger partial charge in [-0.2, -0.15) is 0 Å². The summed E-state index contributed by atoms with van der Waals surface area (Å²) >= 11 is 3.70. The molecular weight excluding hydrogens is 264 g/mol. The van der Waals surface area contributed by atoms with Crippen molar-refractivity contribution in [3.63, 3.8) is 0 Å². The van der Waals surface area contributed by atoms with Crippen LogP contribution in [-0.2, 0) is 0 Å². The molecule has 0 saturated carbocycles. The molecule has 1 saturated heterocycles. The van der Waals surface area contributed by atoms with E-state index in [1.807, 2.05) is 6.20 Å². The zero-order chi connectivity index (χ0) is 11.5. The van der Waals surface area contributed by atoms with Gasteiger partial charge in [0.25, 0.3) is 0 Å². The summed E-state index contributed by atoms with van der Waals surface area (Å²) in [4.78, 5) is 7.36. The fraction of sp³-hybridized carbons (Fsp3) is 0.615. The van der Waals surface area contributed by atoms with E-state index in [0.717, 1.165) is 11.6 Å². The highest BCUT2D eigenvalue weighted by atomic mass is 79.9. The Hall–Kier alpha value is -0.570. The van der Waals surface area contributed by atoms with Crippen LogP contribution in [0.5, 0.6) is 0 Å². The summed E-state index contributed by atoms with van der Waals surface area (Å²) in [6, 6.07) is 4.29. The molecule has 0 aliphatic carbocycles. The predicted molar refractivity (Wildman–Crippen MR) is 72.3 cm³/mol. The molecule has 0 aromatic carbocycles. The number of anilines is 1. The number of pyridine rings is 1. The first-order valence-electron chi connectivity index (χ1n) is 5.98. The molecule has 1 fully saturated rings. The van der Waals surface area contributed by atoms with Crippen LogP contribution in [-0.4, -0.2) is 22.9 Å². The van der Waals surface area contributed by atoms with E-state index in [-0.39, 0.29) is 0 Å². The number of aryl methyl sites for hydroxylation is 1. The van der Waals surface area contributed by atoms with Gasteiger partial charge < -0.3 is 4.90 Å². The first-order chi connectivity index (χ1) is 7.66. The highest BCUT2D eigenvalue weighted by Gasteiger charge is 2.22. The predicted octanol–water partition coefficient (Wildman–Crippen LogP) is 3.39. The summed E-state index contributed by atoms with van der Waals surface area (Å²) in [7, 11) is 0. The second-order valence-electron chi connectivity index (χ2n) is 4.66. The Kier molecular flexibility index (Phi) is 3.85. The molecule has 2 nitrogen and oxygen atoms in total. The van der Waals surface area contributed by atoms with Crippen molar-refractivity contribution in [2.45, 2.75) is 31.5 Å². The minimum atomic E-state index is 0.647. The third-order valence-corrected chi connectivity index (χ3v) is 4.18. The molecule has 0 bridgehead atoms. The number of rotatable bonds is 2. The van der Waals surface area contributed by atoms with Gasteiger partial charge in [-0.15, -0.1) is 0 Å². The topological polar surface area (TPSA) is 16.1 Å². The van der Waals surface area contributed by atoms with Crippen molar-refractivity contribution in [2.75, 3.05) is 18.0 Å². The van der Waals surface area contributed by atoms with Gasteiger partial charge in [0, 0.05) is 35.5 Å². The number of halogens is 1. The summed E-state index contributed by atoms with van der Waals surface area (Å²) in [5.74, 6) is 0.833. The average molecular weight is 283 g/mol. The molecular formula is C13H19BrN2. The largest absolute Gasteiger partial charge is 0.371 e. The third-order valence-electron chi connectivity index (χ3n) is 3.43. The van der Waals surface area contributed by atoms with Crippen LogP contribution in [0.3, 0.4) is 0 Å². The fourth-order valence-corrected chi connectivity index (χ4v) is 2.87. The Bertz CT molecular complexity index is 344. The highest BCUT2D eigenvalue weighted by molar-refractivity contribution is 9.09. The lowest BCUT2D eigenvalue weighted by atomic mass is 9.94. The Morgan fingerprint density at radius 2 is 2.12 bits per heavy atom. The Morgan fingerprint density at radius 3 is 2.69 bits per heavy atom. The van der Waals surface area contributed by atoms with Crippen LogP contribution in [0.2, 0.25) is 0 Å². The van der Waals surface area contributed by atoms with Crippen molar-refractivity contribution >= 4 is 21.6 Å². The lowest BCUT2D eigenvalue weighted by Gasteiger charge is -2.34. The van der Waals surface area contributed by atoms with Crippen LogP contribution in [0.1, 0.15) is 25.5 Å². The van der Waals surface area contributed by atoms with Crippen molar-refractivity contribution < 1.29 is 0 Å². The Balaban J connectivity index is 1.99. The van der Waals surface area contributed by atoms with E-state index in [1.165, 1.54) is 31.6 Å². The maximum Gasteiger partial charge on any atom is 0.0399 e. The van der Waals surface area contributed by atoms with Crippen molar-refractivity contribution in [3.8, 4) is 0 Å². The quantitative estimate of drug-likeness (QED) is 0.773. The molecule has 0 N–H and O–H groups in total. The molecule has 0 radical (unpaired) electrons.